The van der Waals surface area contributed by atoms with Gasteiger partial charge in [-0.1, -0.05) is 0 Å². The van der Waals surface area contributed by atoms with E-state index < -0.39 is 10.0 Å². The molecule has 0 atom stereocenters. The number of hydrogen-bond acceptors (Lipinski definition) is 5. The van der Waals surface area contributed by atoms with Crippen LogP contribution < -0.4 is 11.3 Å². The Labute approximate surface area is 113 Å². The van der Waals surface area contributed by atoms with Crippen LogP contribution in [0.4, 0.5) is 5.69 Å². The van der Waals surface area contributed by atoms with E-state index in [-0.39, 0.29) is 10.9 Å². The fourth-order valence-electron chi connectivity index (χ4n) is 2.19. The molecule has 0 spiro atoms. The molecule has 0 saturated heterocycles. The number of pyridine rings is 1. The molecule has 6 nitrogen and oxygen atoms in total. The molecule has 1 heterocycles. The van der Waals surface area contributed by atoms with Gasteiger partial charge in [0.15, 0.2) is 0 Å². The van der Waals surface area contributed by atoms with Crippen molar-refractivity contribution in [3.8, 4) is 0 Å². The molecule has 0 bridgehead atoms. The number of rotatable bonds is 6. The fourth-order valence-corrected chi connectivity index (χ4v) is 4.05. The summed E-state index contributed by atoms with van der Waals surface area (Å²) in [6.45, 7) is 0.631. The number of hydrogen-bond donors (Lipinski definition) is 2. The standard InChI is InChI=1S/C12H18N4O2S/c13-15-11-5-6-14-7-12(11)19(17,18)16(10-3-4-10)8-9-1-2-9/h5-7,9-10H,1-4,8,13H2,(H,14,15). The van der Waals surface area contributed by atoms with Crippen molar-refractivity contribution in [2.75, 3.05) is 12.0 Å². The maximum absolute atomic E-state index is 12.7. The molecule has 2 aliphatic carbocycles. The summed E-state index contributed by atoms with van der Waals surface area (Å²) >= 11 is 0. The minimum atomic E-state index is -3.51. The van der Waals surface area contributed by atoms with Crippen LogP contribution in [0.2, 0.25) is 0 Å². The number of anilines is 1. The molecular formula is C12H18N4O2S. The summed E-state index contributed by atoms with van der Waals surface area (Å²) in [7, 11) is -3.51. The first kappa shape index (κ1) is 12.8. The highest BCUT2D eigenvalue weighted by atomic mass is 32.2. The van der Waals surface area contributed by atoms with Crippen LogP contribution in [0, 0.1) is 5.92 Å². The maximum Gasteiger partial charge on any atom is 0.246 e. The molecule has 2 fully saturated rings. The topological polar surface area (TPSA) is 88.3 Å². The van der Waals surface area contributed by atoms with Crippen molar-refractivity contribution in [1.29, 1.82) is 0 Å². The maximum atomic E-state index is 12.7. The van der Waals surface area contributed by atoms with E-state index in [1.54, 1.807) is 10.4 Å². The molecule has 1 aromatic heterocycles. The highest BCUT2D eigenvalue weighted by molar-refractivity contribution is 7.89. The lowest BCUT2D eigenvalue weighted by Crippen LogP contribution is -2.35. The van der Waals surface area contributed by atoms with E-state index in [4.69, 9.17) is 5.84 Å². The van der Waals surface area contributed by atoms with E-state index in [2.05, 4.69) is 10.4 Å². The molecule has 19 heavy (non-hydrogen) atoms. The number of nitrogens with one attached hydrogen (secondary N) is 1. The zero-order valence-corrected chi connectivity index (χ0v) is 11.4. The van der Waals surface area contributed by atoms with Crippen LogP contribution in [0.15, 0.2) is 23.4 Å². The van der Waals surface area contributed by atoms with Gasteiger partial charge in [0.1, 0.15) is 4.90 Å². The Bertz CT molecular complexity index is 567. The lowest BCUT2D eigenvalue weighted by molar-refractivity contribution is 0.389. The first-order valence-electron chi connectivity index (χ1n) is 6.55. The summed E-state index contributed by atoms with van der Waals surface area (Å²) in [6, 6.07) is 1.74. The van der Waals surface area contributed by atoms with E-state index >= 15 is 0 Å². The van der Waals surface area contributed by atoms with Gasteiger partial charge >= 0.3 is 0 Å². The summed E-state index contributed by atoms with van der Waals surface area (Å²) in [6.07, 6.45) is 7.07. The number of nitrogens with zero attached hydrogens (tertiary/aromatic N) is 2. The van der Waals surface area contributed by atoms with Gasteiger partial charge in [-0.15, -0.1) is 0 Å². The lowest BCUT2D eigenvalue weighted by Gasteiger charge is -2.22. The summed E-state index contributed by atoms with van der Waals surface area (Å²) in [5, 5.41) is 0. The average Bonchev–Trinajstić information content (AvgIpc) is 3.28. The Kier molecular flexibility index (Phi) is 3.20. The Morgan fingerprint density at radius 2 is 2.11 bits per heavy atom. The van der Waals surface area contributed by atoms with Crippen molar-refractivity contribution in [2.45, 2.75) is 36.6 Å². The number of sulfonamides is 1. The minimum absolute atomic E-state index is 0.163. The predicted octanol–water partition coefficient (Wildman–Crippen LogP) is 0.930. The summed E-state index contributed by atoms with van der Waals surface area (Å²) in [5.41, 5.74) is 2.84. The highest BCUT2D eigenvalue weighted by Crippen LogP contribution is 2.38. The number of nitrogens with two attached hydrogens (primary N) is 1. The molecule has 104 valence electrons. The quantitative estimate of drug-likeness (QED) is 0.598. The zero-order valence-electron chi connectivity index (χ0n) is 10.6. The smallest absolute Gasteiger partial charge is 0.246 e. The van der Waals surface area contributed by atoms with Gasteiger partial charge < -0.3 is 5.43 Å². The van der Waals surface area contributed by atoms with Gasteiger partial charge in [-0.25, -0.2) is 8.42 Å². The molecule has 1 aromatic rings. The second kappa shape index (κ2) is 4.73. The predicted molar refractivity (Wildman–Crippen MR) is 71.7 cm³/mol. The van der Waals surface area contributed by atoms with Gasteiger partial charge in [-0.2, -0.15) is 4.31 Å². The summed E-state index contributed by atoms with van der Waals surface area (Å²) < 4.78 is 27.1. The number of aromatic nitrogens is 1. The van der Waals surface area contributed by atoms with Crippen LogP contribution >= 0.6 is 0 Å². The van der Waals surface area contributed by atoms with E-state index in [0.717, 1.165) is 25.7 Å². The Morgan fingerprint density at radius 1 is 1.37 bits per heavy atom. The Hall–Kier alpha value is -1.18. The summed E-state index contributed by atoms with van der Waals surface area (Å²) in [4.78, 5) is 4.09. The normalized spacial score (nSPS) is 19.7. The molecule has 0 aromatic carbocycles. The molecule has 2 saturated carbocycles. The molecule has 0 unspecified atom stereocenters. The first-order valence-corrected chi connectivity index (χ1v) is 7.99. The molecule has 0 amide bonds. The van der Waals surface area contributed by atoms with Gasteiger partial charge in [0, 0.05) is 25.0 Å². The highest BCUT2D eigenvalue weighted by Gasteiger charge is 2.41. The Morgan fingerprint density at radius 3 is 2.68 bits per heavy atom. The van der Waals surface area contributed by atoms with Gasteiger partial charge in [-0.3, -0.25) is 10.8 Å². The monoisotopic (exact) mass is 282 g/mol. The third-order valence-corrected chi connectivity index (χ3v) is 5.56. The van der Waals surface area contributed by atoms with Crippen LogP contribution in [0.25, 0.3) is 0 Å². The summed E-state index contributed by atoms with van der Waals surface area (Å²) in [5.74, 6) is 5.92. The second-order valence-corrected chi connectivity index (χ2v) is 7.12. The van der Waals surface area contributed by atoms with E-state index in [0.29, 0.717) is 18.2 Å². The third-order valence-electron chi connectivity index (χ3n) is 3.62. The minimum Gasteiger partial charge on any atom is -0.323 e. The van der Waals surface area contributed by atoms with Crippen molar-refractivity contribution in [1.82, 2.24) is 9.29 Å². The van der Waals surface area contributed by atoms with Gasteiger partial charge in [-0.05, 0) is 37.7 Å². The Balaban J connectivity index is 1.94. The van der Waals surface area contributed by atoms with E-state index in [9.17, 15) is 8.42 Å². The van der Waals surface area contributed by atoms with E-state index in [1.165, 1.54) is 12.4 Å². The van der Waals surface area contributed by atoms with Crippen molar-refractivity contribution < 1.29 is 8.42 Å². The molecule has 0 aliphatic heterocycles. The van der Waals surface area contributed by atoms with Gasteiger partial charge in [0.05, 0.1) is 5.69 Å². The first-order chi connectivity index (χ1) is 9.13. The van der Waals surface area contributed by atoms with Crippen molar-refractivity contribution >= 4 is 15.7 Å². The second-order valence-electron chi connectivity index (χ2n) is 5.27. The van der Waals surface area contributed by atoms with Crippen molar-refractivity contribution in [3.63, 3.8) is 0 Å². The fraction of sp³-hybridized carbons (Fsp3) is 0.583. The average molecular weight is 282 g/mol. The van der Waals surface area contributed by atoms with Crippen LogP contribution in [0.3, 0.4) is 0 Å². The molecular weight excluding hydrogens is 264 g/mol. The zero-order chi connectivity index (χ0) is 13.5. The molecule has 0 radical (unpaired) electrons. The third kappa shape index (κ3) is 2.58. The SMILES string of the molecule is NNc1ccncc1S(=O)(=O)N(CC1CC1)C1CC1. The molecule has 7 heteroatoms. The van der Waals surface area contributed by atoms with Crippen LogP contribution in [-0.4, -0.2) is 30.3 Å². The largest absolute Gasteiger partial charge is 0.323 e. The van der Waals surface area contributed by atoms with Crippen molar-refractivity contribution in [2.24, 2.45) is 11.8 Å². The van der Waals surface area contributed by atoms with Gasteiger partial charge in [0.25, 0.3) is 0 Å². The molecule has 2 aliphatic rings. The number of hydrazine groups is 1. The number of nitrogen functional groups attached to an aromatic ring is 1. The van der Waals surface area contributed by atoms with Crippen LogP contribution in [-0.2, 0) is 10.0 Å². The van der Waals surface area contributed by atoms with Crippen molar-refractivity contribution in [3.05, 3.63) is 18.5 Å². The lowest BCUT2D eigenvalue weighted by atomic mass is 10.4. The molecule has 3 N–H and O–H groups in total. The van der Waals surface area contributed by atoms with Crippen LogP contribution in [0.1, 0.15) is 25.7 Å². The molecule has 3 rings (SSSR count). The van der Waals surface area contributed by atoms with E-state index in [1.807, 2.05) is 0 Å². The van der Waals surface area contributed by atoms with Crippen LogP contribution in [0.5, 0.6) is 0 Å². The van der Waals surface area contributed by atoms with Gasteiger partial charge in [0.2, 0.25) is 10.0 Å².